The molecule has 0 bridgehead atoms. The van der Waals surface area contributed by atoms with Gasteiger partial charge >= 0.3 is 6.03 Å². The smallest absolute Gasteiger partial charge is 0.315 e. The summed E-state index contributed by atoms with van der Waals surface area (Å²) in [5, 5.41) is 15.8. The van der Waals surface area contributed by atoms with E-state index in [1.54, 1.807) is 7.11 Å². The van der Waals surface area contributed by atoms with Crippen LogP contribution in [0.4, 0.5) is 4.79 Å². The third-order valence-electron chi connectivity index (χ3n) is 3.89. The monoisotopic (exact) mass is 322 g/mol. The predicted molar refractivity (Wildman–Crippen MR) is 92.0 cm³/mol. The summed E-state index contributed by atoms with van der Waals surface area (Å²) < 4.78 is 5.10. The van der Waals surface area contributed by atoms with Gasteiger partial charge < -0.3 is 20.5 Å². The minimum atomic E-state index is -0.464. The summed E-state index contributed by atoms with van der Waals surface area (Å²) in [4.78, 5) is 11.9. The van der Waals surface area contributed by atoms with Crippen molar-refractivity contribution in [2.45, 2.75) is 47.0 Å². The summed E-state index contributed by atoms with van der Waals surface area (Å²) in [6.07, 6.45) is -0.464. The van der Waals surface area contributed by atoms with Crippen molar-refractivity contribution in [1.82, 2.24) is 10.6 Å². The molecule has 5 heteroatoms. The van der Waals surface area contributed by atoms with Crippen LogP contribution in [-0.4, -0.2) is 30.9 Å². The predicted octanol–water partition coefficient (Wildman–Crippen LogP) is 2.68. The van der Waals surface area contributed by atoms with Crippen molar-refractivity contribution in [3.8, 4) is 0 Å². The highest BCUT2D eigenvalue weighted by molar-refractivity contribution is 5.73. The number of methoxy groups -OCH3 is 1. The van der Waals surface area contributed by atoms with Gasteiger partial charge in [-0.15, -0.1) is 0 Å². The number of nitrogens with one attached hydrogen (secondary N) is 2. The van der Waals surface area contributed by atoms with Gasteiger partial charge in [0.15, 0.2) is 0 Å². The topological polar surface area (TPSA) is 70.6 Å². The van der Waals surface area contributed by atoms with Gasteiger partial charge in [-0.1, -0.05) is 52.0 Å². The van der Waals surface area contributed by atoms with Gasteiger partial charge in [0.2, 0.25) is 0 Å². The summed E-state index contributed by atoms with van der Waals surface area (Å²) in [5.41, 5.74) is 1.73. The van der Waals surface area contributed by atoms with Gasteiger partial charge in [-0.25, -0.2) is 4.79 Å². The lowest BCUT2D eigenvalue weighted by Crippen LogP contribution is -2.46. The van der Waals surface area contributed by atoms with Crippen molar-refractivity contribution in [2.75, 3.05) is 13.7 Å². The lowest BCUT2D eigenvalue weighted by Gasteiger charge is -2.33. The van der Waals surface area contributed by atoms with E-state index in [2.05, 4.69) is 10.6 Å². The fourth-order valence-electron chi connectivity index (χ4n) is 2.56. The molecule has 0 heterocycles. The zero-order valence-electron chi connectivity index (χ0n) is 14.8. The maximum atomic E-state index is 11.9. The highest BCUT2D eigenvalue weighted by Gasteiger charge is 2.30. The van der Waals surface area contributed by atoms with Crippen LogP contribution in [0.25, 0.3) is 0 Å². The minimum Gasteiger partial charge on any atom is -0.392 e. The Kier molecular flexibility index (Phi) is 7.52. The Morgan fingerprint density at radius 1 is 1.26 bits per heavy atom. The molecule has 130 valence electrons. The van der Waals surface area contributed by atoms with Crippen molar-refractivity contribution in [1.29, 1.82) is 0 Å². The third kappa shape index (κ3) is 6.59. The van der Waals surface area contributed by atoms with E-state index in [1.807, 2.05) is 52.0 Å². The summed E-state index contributed by atoms with van der Waals surface area (Å²) in [6, 6.07) is 7.68. The average Bonchev–Trinajstić information content (AvgIpc) is 2.51. The normalized spacial score (nSPS) is 13.0. The number of hydrogen-bond acceptors (Lipinski definition) is 3. The standard InChI is InChI=1S/C18H30N2O3/c1-13(2)16(21)18(3,4)12-20-17(22)19-10-14-7-6-8-15(9-14)11-23-5/h6-9,13,16,21H,10-12H2,1-5H3,(H2,19,20,22). The van der Waals surface area contributed by atoms with E-state index in [1.165, 1.54) is 0 Å². The zero-order valence-corrected chi connectivity index (χ0v) is 14.8. The second kappa shape index (κ2) is 8.89. The van der Waals surface area contributed by atoms with Crippen molar-refractivity contribution >= 4 is 6.03 Å². The van der Waals surface area contributed by atoms with Crippen LogP contribution in [0.1, 0.15) is 38.8 Å². The number of ether oxygens (including phenoxy) is 1. The van der Waals surface area contributed by atoms with E-state index in [4.69, 9.17) is 4.74 Å². The SMILES string of the molecule is COCc1cccc(CNC(=O)NCC(C)(C)C(O)C(C)C)c1. The van der Waals surface area contributed by atoms with E-state index in [9.17, 15) is 9.90 Å². The first-order chi connectivity index (χ1) is 10.8. The molecule has 5 nitrogen and oxygen atoms in total. The number of rotatable bonds is 8. The van der Waals surface area contributed by atoms with Gasteiger partial charge in [0.25, 0.3) is 0 Å². The summed E-state index contributed by atoms with van der Waals surface area (Å²) in [6.45, 7) is 9.27. The molecule has 2 amide bonds. The molecule has 0 spiro atoms. The Bertz CT molecular complexity index is 501. The van der Waals surface area contributed by atoms with E-state index in [-0.39, 0.29) is 17.4 Å². The molecule has 0 radical (unpaired) electrons. The lowest BCUT2D eigenvalue weighted by atomic mass is 9.81. The first kappa shape index (κ1) is 19.5. The Morgan fingerprint density at radius 3 is 2.52 bits per heavy atom. The Labute approximate surface area is 139 Å². The molecule has 1 unspecified atom stereocenters. The summed E-state index contributed by atoms with van der Waals surface area (Å²) in [5.74, 6) is 0.151. The fraction of sp³-hybridized carbons (Fsp3) is 0.611. The number of hydrogen-bond donors (Lipinski definition) is 3. The Balaban J connectivity index is 2.44. The van der Waals surface area contributed by atoms with Gasteiger partial charge in [-0.2, -0.15) is 0 Å². The van der Waals surface area contributed by atoms with Crippen LogP contribution in [0, 0.1) is 11.3 Å². The van der Waals surface area contributed by atoms with Crippen molar-refractivity contribution < 1.29 is 14.6 Å². The lowest BCUT2D eigenvalue weighted by molar-refractivity contribution is 0.0151. The number of amides is 2. The second-order valence-electron chi connectivity index (χ2n) is 6.97. The molecule has 1 aromatic carbocycles. The number of benzene rings is 1. The summed E-state index contributed by atoms with van der Waals surface area (Å²) in [7, 11) is 1.66. The molecule has 0 fully saturated rings. The molecular formula is C18H30N2O3. The van der Waals surface area contributed by atoms with E-state index >= 15 is 0 Å². The molecular weight excluding hydrogens is 292 g/mol. The molecule has 0 saturated carbocycles. The zero-order chi connectivity index (χ0) is 17.5. The quantitative estimate of drug-likeness (QED) is 0.689. The van der Waals surface area contributed by atoms with Crippen LogP contribution < -0.4 is 10.6 Å². The van der Waals surface area contributed by atoms with E-state index < -0.39 is 6.10 Å². The summed E-state index contributed by atoms with van der Waals surface area (Å²) >= 11 is 0. The van der Waals surface area contributed by atoms with Crippen LogP contribution in [0.5, 0.6) is 0 Å². The van der Waals surface area contributed by atoms with Crippen LogP contribution >= 0.6 is 0 Å². The van der Waals surface area contributed by atoms with Crippen molar-refractivity contribution in [3.63, 3.8) is 0 Å². The molecule has 23 heavy (non-hydrogen) atoms. The number of carbonyl (C=O) groups is 1. The largest absolute Gasteiger partial charge is 0.392 e. The fourth-order valence-corrected chi connectivity index (χ4v) is 2.56. The highest BCUT2D eigenvalue weighted by Crippen LogP contribution is 2.24. The first-order valence-electron chi connectivity index (χ1n) is 8.03. The molecule has 1 rings (SSSR count). The molecule has 0 aromatic heterocycles. The van der Waals surface area contributed by atoms with Crippen LogP contribution in [-0.2, 0) is 17.9 Å². The number of aliphatic hydroxyl groups is 1. The molecule has 1 atom stereocenters. The van der Waals surface area contributed by atoms with Gasteiger partial charge in [-0.05, 0) is 17.0 Å². The molecule has 3 N–H and O–H groups in total. The average molecular weight is 322 g/mol. The molecule has 1 aromatic rings. The van der Waals surface area contributed by atoms with Crippen LogP contribution in [0.3, 0.4) is 0 Å². The Hall–Kier alpha value is -1.59. The van der Waals surface area contributed by atoms with Gasteiger partial charge in [0.1, 0.15) is 0 Å². The van der Waals surface area contributed by atoms with E-state index in [0.29, 0.717) is 19.7 Å². The maximum absolute atomic E-state index is 11.9. The number of urea groups is 1. The van der Waals surface area contributed by atoms with Crippen molar-refractivity contribution in [2.24, 2.45) is 11.3 Å². The van der Waals surface area contributed by atoms with Gasteiger partial charge in [-0.3, -0.25) is 0 Å². The number of aliphatic hydroxyl groups excluding tert-OH is 1. The number of carbonyl (C=O) groups excluding carboxylic acids is 1. The van der Waals surface area contributed by atoms with Crippen LogP contribution in [0.2, 0.25) is 0 Å². The molecule has 0 aliphatic rings. The van der Waals surface area contributed by atoms with Gasteiger partial charge in [0.05, 0.1) is 12.7 Å². The maximum Gasteiger partial charge on any atom is 0.315 e. The van der Waals surface area contributed by atoms with Gasteiger partial charge in [0, 0.05) is 25.6 Å². The second-order valence-corrected chi connectivity index (χ2v) is 6.97. The Morgan fingerprint density at radius 2 is 1.91 bits per heavy atom. The molecule has 0 aliphatic heterocycles. The van der Waals surface area contributed by atoms with Crippen molar-refractivity contribution in [3.05, 3.63) is 35.4 Å². The molecule has 0 aliphatic carbocycles. The van der Waals surface area contributed by atoms with E-state index in [0.717, 1.165) is 11.1 Å². The minimum absolute atomic E-state index is 0.151. The first-order valence-corrected chi connectivity index (χ1v) is 8.03. The highest BCUT2D eigenvalue weighted by atomic mass is 16.5. The third-order valence-corrected chi connectivity index (χ3v) is 3.89. The molecule has 0 saturated heterocycles. The van der Waals surface area contributed by atoms with Crippen LogP contribution in [0.15, 0.2) is 24.3 Å².